The minimum absolute atomic E-state index is 0. The van der Waals surface area contributed by atoms with Crippen LogP contribution in [-0.4, -0.2) is 42.4 Å². The van der Waals surface area contributed by atoms with E-state index >= 15 is 0 Å². The van der Waals surface area contributed by atoms with Gasteiger partial charge in [0.25, 0.3) is 0 Å². The summed E-state index contributed by atoms with van der Waals surface area (Å²) in [7, 11) is 1.73. The number of hydrogen-bond acceptors (Lipinski definition) is 3. The van der Waals surface area contributed by atoms with E-state index in [1.54, 1.807) is 11.9 Å². The summed E-state index contributed by atoms with van der Waals surface area (Å²) >= 11 is 5.86. The van der Waals surface area contributed by atoms with Gasteiger partial charge in [-0.05, 0) is 37.0 Å². The fraction of sp³-hybridized carbons (Fsp3) is 0.529. The van der Waals surface area contributed by atoms with Gasteiger partial charge < -0.3 is 16.0 Å². The van der Waals surface area contributed by atoms with Crippen LogP contribution in [0.25, 0.3) is 0 Å². The molecule has 3 N–H and O–H groups in total. The number of benzene rings is 1. The van der Waals surface area contributed by atoms with Crippen LogP contribution in [0.4, 0.5) is 0 Å². The zero-order chi connectivity index (χ0) is 17.6. The summed E-state index contributed by atoms with van der Waals surface area (Å²) in [4.78, 5) is 25.6. The minimum atomic E-state index is -0.598. The number of carbonyl (C=O) groups is 2. The molecule has 0 saturated carbocycles. The van der Waals surface area contributed by atoms with Gasteiger partial charge in [0.05, 0.1) is 12.6 Å². The van der Waals surface area contributed by atoms with E-state index in [0.717, 1.165) is 12.0 Å². The Balaban J connectivity index is 0.00000529. The van der Waals surface area contributed by atoms with Crippen molar-refractivity contribution >= 4 is 35.8 Å². The Morgan fingerprint density at radius 2 is 1.75 bits per heavy atom. The highest BCUT2D eigenvalue weighted by Gasteiger charge is 2.20. The third-order valence-corrected chi connectivity index (χ3v) is 4.19. The lowest BCUT2D eigenvalue weighted by molar-refractivity contribution is -0.133. The quantitative estimate of drug-likeness (QED) is 0.767. The van der Waals surface area contributed by atoms with Crippen LogP contribution in [0.1, 0.15) is 26.3 Å². The van der Waals surface area contributed by atoms with Crippen molar-refractivity contribution in [1.29, 1.82) is 0 Å². The van der Waals surface area contributed by atoms with Gasteiger partial charge in [0.2, 0.25) is 11.8 Å². The molecule has 0 spiro atoms. The van der Waals surface area contributed by atoms with Crippen LogP contribution in [0.5, 0.6) is 0 Å². The number of rotatable bonds is 7. The standard InChI is InChI=1S/C17H26ClN3O2.ClH/c1-11(2)16(19)17(23)20-10-15(22)21(4)12(3)9-13-5-7-14(18)8-6-13;/h5-8,11-12,16H,9-10,19H2,1-4H3,(H,20,23);1H/t12?,16-;/m0./s1. The highest BCUT2D eigenvalue weighted by atomic mass is 35.5. The average molecular weight is 376 g/mol. The molecule has 2 amide bonds. The summed E-state index contributed by atoms with van der Waals surface area (Å²) in [6.45, 7) is 5.66. The summed E-state index contributed by atoms with van der Waals surface area (Å²) in [5, 5.41) is 3.29. The van der Waals surface area contributed by atoms with Crippen molar-refractivity contribution < 1.29 is 9.59 Å². The lowest BCUT2D eigenvalue weighted by Gasteiger charge is -2.26. The zero-order valence-corrected chi connectivity index (χ0v) is 16.2. The van der Waals surface area contributed by atoms with E-state index in [9.17, 15) is 9.59 Å². The molecule has 0 saturated heterocycles. The maximum absolute atomic E-state index is 12.2. The molecule has 1 aromatic rings. The van der Waals surface area contributed by atoms with Crippen molar-refractivity contribution in [3.8, 4) is 0 Å². The van der Waals surface area contributed by atoms with Crippen LogP contribution < -0.4 is 11.1 Å². The second-order valence-electron chi connectivity index (χ2n) is 6.17. The second-order valence-corrected chi connectivity index (χ2v) is 6.61. The normalized spacial score (nSPS) is 13.0. The summed E-state index contributed by atoms with van der Waals surface area (Å²) < 4.78 is 0. The molecule has 0 bridgehead atoms. The number of nitrogens with zero attached hydrogens (tertiary/aromatic N) is 1. The molecular weight excluding hydrogens is 349 g/mol. The molecular formula is C17H27Cl2N3O2. The molecule has 24 heavy (non-hydrogen) atoms. The molecule has 0 fully saturated rings. The molecule has 0 radical (unpaired) electrons. The number of nitrogens with two attached hydrogens (primary N) is 1. The predicted molar refractivity (Wildman–Crippen MR) is 100 cm³/mol. The van der Waals surface area contributed by atoms with Crippen molar-refractivity contribution in [1.82, 2.24) is 10.2 Å². The molecule has 136 valence electrons. The van der Waals surface area contributed by atoms with Gasteiger partial charge in [-0.15, -0.1) is 12.4 Å². The number of nitrogens with one attached hydrogen (secondary N) is 1. The van der Waals surface area contributed by atoms with E-state index in [-0.39, 0.29) is 42.7 Å². The van der Waals surface area contributed by atoms with Crippen LogP contribution >= 0.6 is 24.0 Å². The lowest BCUT2D eigenvalue weighted by Crippen LogP contribution is -2.48. The molecule has 2 atom stereocenters. The van der Waals surface area contributed by atoms with Crippen LogP contribution in [0, 0.1) is 5.92 Å². The maximum atomic E-state index is 12.2. The highest BCUT2D eigenvalue weighted by Crippen LogP contribution is 2.12. The van der Waals surface area contributed by atoms with E-state index in [4.69, 9.17) is 17.3 Å². The van der Waals surface area contributed by atoms with Crippen LogP contribution in [0.15, 0.2) is 24.3 Å². The van der Waals surface area contributed by atoms with Gasteiger partial charge in [0.15, 0.2) is 0 Å². The first-order chi connectivity index (χ1) is 10.7. The van der Waals surface area contributed by atoms with E-state index < -0.39 is 6.04 Å². The molecule has 7 heteroatoms. The van der Waals surface area contributed by atoms with Gasteiger partial charge in [0, 0.05) is 18.1 Å². The Morgan fingerprint density at radius 1 is 1.21 bits per heavy atom. The van der Waals surface area contributed by atoms with Crippen LogP contribution in [0.3, 0.4) is 0 Å². The Kier molecular flexibility index (Phi) is 9.97. The minimum Gasteiger partial charge on any atom is -0.346 e. The van der Waals surface area contributed by atoms with E-state index in [1.807, 2.05) is 45.0 Å². The molecule has 1 unspecified atom stereocenters. The summed E-state index contributed by atoms with van der Waals surface area (Å²) in [5.41, 5.74) is 6.85. The smallest absolute Gasteiger partial charge is 0.241 e. The fourth-order valence-electron chi connectivity index (χ4n) is 2.05. The largest absolute Gasteiger partial charge is 0.346 e. The first kappa shape index (κ1) is 22.7. The van der Waals surface area contributed by atoms with E-state index in [1.165, 1.54) is 0 Å². The Hall–Kier alpha value is -1.30. The van der Waals surface area contributed by atoms with Gasteiger partial charge >= 0.3 is 0 Å². The highest BCUT2D eigenvalue weighted by molar-refractivity contribution is 6.30. The second kappa shape index (κ2) is 10.5. The third-order valence-electron chi connectivity index (χ3n) is 3.93. The van der Waals surface area contributed by atoms with Crippen molar-refractivity contribution in [3.05, 3.63) is 34.9 Å². The van der Waals surface area contributed by atoms with Crippen LogP contribution in [-0.2, 0) is 16.0 Å². The first-order valence-corrected chi connectivity index (χ1v) is 8.13. The van der Waals surface area contributed by atoms with Crippen molar-refractivity contribution in [3.63, 3.8) is 0 Å². The van der Waals surface area contributed by atoms with Gasteiger partial charge in [-0.25, -0.2) is 0 Å². The van der Waals surface area contributed by atoms with E-state index in [2.05, 4.69) is 5.32 Å². The number of likely N-dealkylation sites (N-methyl/N-ethyl adjacent to an activating group) is 1. The molecule has 0 aromatic heterocycles. The molecule has 1 rings (SSSR count). The number of hydrogen-bond donors (Lipinski definition) is 2. The van der Waals surface area contributed by atoms with Crippen molar-refractivity contribution in [2.24, 2.45) is 11.7 Å². The predicted octanol–water partition coefficient (Wildman–Crippen LogP) is 2.25. The SMILES string of the molecule is CC(C)[C@H](N)C(=O)NCC(=O)N(C)C(C)Cc1ccc(Cl)cc1.Cl. The fourth-order valence-corrected chi connectivity index (χ4v) is 2.18. The topological polar surface area (TPSA) is 75.4 Å². The molecule has 0 aliphatic rings. The van der Waals surface area contributed by atoms with Gasteiger partial charge in [0.1, 0.15) is 0 Å². The number of carbonyl (C=O) groups excluding carboxylic acids is 2. The monoisotopic (exact) mass is 375 g/mol. The summed E-state index contributed by atoms with van der Waals surface area (Å²) in [6.07, 6.45) is 0.721. The third kappa shape index (κ3) is 7.07. The molecule has 0 aliphatic heterocycles. The molecule has 5 nitrogen and oxygen atoms in total. The van der Waals surface area contributed by atoms with Crippen molar-refractivity contribution in [2.45, 2.75) is 39.3 Å². The Bertz CT molecular complexity index is 535. The van der Waals surface area contributed by atoms with Crippen LogP contribution in [0.2, 0.25) is 5.02 Å². The number of halogens is 2. The van der Waals surface area contributed by atoms with Gasteiger partial charge in [-0.2, -0.15) is 0 Å². The Labute approximate surface area is 155 Å². The average Bonchev–Trinajstić information content (AvgIpc) is 2.52. The van der Waals surface area contributed by atoms with E-state index in [0.29, 0.717) is 5.02 Å². The lowest BCUT2D eigenvalue weighted by atomic mass is 10.0. The molecule has 0 aliphatic carbocycles. The molecule has 1 aromatic carbocycles. The van der Waals surface area contributed by atoms with Crippen molar-refractivity contribution in [2.75, 3.05) is 13.6 Å². The zero-order valence-electron chi connectivity index (χ0n) is 14.6. The Morgan fingerprint density at radius 3 is 2.25 bits per heavy atom. The number of amides is 2. The van der Waals surface area contributed by atoms with Gasteiger partial charge in [-0.1, -0.05) is 37.6 Å². The molecule has 0 heterocycles. The first-order valence-electron chi connectivity index (χ1n) is 7.75. The summed E-state index contributed by atoms with van der Waals surface area (Å²) in [6, 6.07) is 6.97. The van der Waals surface area contributed by atoms with Gasteiger partial charge in [-0.3, -0.25) is 9.59 Å². The summed E-state index contributed by atoms with van der Waals surface area (Å²) in [5.74, 6) is -0.408. The maximum Gasteiger partial charge on any atom is 0.241 e.